The van der Waals surface area contributed by atoms with Crippen LogP contribution in [0.5, 0.6) is 0 Å². The minimum absolute atomic E-state index is 0.00171. The van der Waals surface area contributed by atoms with Gasteiger partial charge in [0.05, 0.1) is 12.6 Å². The normalized spacial score (nSPS) is 21.3. The fraction of sp³-hybridized carbons (Fsp3) is 0.700. The van der Waals surface area contributed by atoms with Gasteiger partial charge in [-0.1, -0.05) is 24.2 Å². The third kappa shape index (κ3) is 2.94. The van der Waals surface area contributed by atoms with Crippen molar-refractivity contribution in [2.45, 2.75) is 31.7 Å². The molecule has 1 aromatic rings. The van der Waals surface area contributed by atoms with Gasteiger partial charge in [-0.2, -0.15) is 0 Å². The Bertz CT molecular complexity index is 399. The molecule has 2 rings (SSSR count). The average Bonchev–Trinajstić information content (AvgIpc) is 2.64. The first-order valence-electron chi connectivity index (χ1n) is 5.63. The number of rotatable bonds is 2. The van der Waals surface area contributed by atoms with Crippen LogP contribution in [0.1, 0.15) is 35.5 Å². The van der Waals surface area contributed by atoms with E-state index < -0.39 is 0 Å². The number of halogens is 1. The van der Waals surface area contributed by atoms with Gasteiger partial charge in [0, 0.05) is 6.54 Å². The first-order chi connectivity index (χ1) is 8.22. The summed E-state index contributed by atoms with van der Waals surface area (Å²) in [6.07, 6.45) is 3.95. The van der Waals surface area contributed by atoms with Crippen molar-refractivity contribution in [3.05, 3.63) is 9.47 Å². The summed E-state index contributed by atoms with van der Waals surface area (Å²) in [5, 5.41) is 17.0. The van der Waals surface area contributed by atoms with Gasteiger partial charge in [-0.05, 0) is 24.4 Å². The summed E-state index contributed by atoms with van der Waals surface area (Å²) in [5.74, 6) is -0.171. The molecule has 0 aliphatic carbocycles. The summed E-state index contributed by atoms with van der Waals surface area (Å²) in [7, 11) is 0. The third-order valence-corrected chi connectivity index (χ3v) is 3.94. The van der Waals surface area contributed by atoms with Crippen molar-refractivity contribution < 1.29 is 9.90 Å². The molecule has 0 aromatic carbocycles. The molecule has 2 heterocycles. The molecular formula is C10H14ClN3O2S. The van der Waals surface area contributed by atoms with Gasteiger partial charge in [0.25, 0.3) is 5.91 Å². The van der Waals surface area contributed by atoms with Crippen molar-refractivity contribution in [2.75, 3.05) is 13.2 Å². The van der Waals surface area contributed by atoms with Gasteiger partial charge in [0.2, 0.25) is 9.47 Å². The first-order valence-corrected chi connectivity index (χ1v) is 6.82. The average molecular weight is 276 g/mol. The minimum atomic E-state index is -0.171. The first kappa shape index (κ1) is 12.7. The van der Waals surface area contributed by atoms with E-state index in [0.29, 0.717) is 11.6 Å². The molecule has 1 N–H and O–H groups in total. The predicted molar refractivity (Wildman–Crippen MR) is 65.3 cm³/mol. The van der Waals surface area contributed by atoms with E-state index in [9.17, 15) is 9.90 Å². The topological polar surface area (TPSA) is 66.3 Å². The maximum atomic E-state index is 12.2. The van der Waals surface area contributed by atoms with Crippen LogP contribution in [0.15, 0.2) is 0 Å². The number of aliphatic hydroxyl groups is 1. The lowest BCUT2D eigenvalue weighted by atomic mass is 10.1. The van der Waals surface area contributed by atoms with Gasteiger partial charge < -0.3 is 10.0 Å². The van der Waals surface area contributed by atoms with Gasteiger partial charge in [-0.15, -0.1) is 10.2 Å². The molecule has 0 spiro atoms. The number of aliphatic hydroxyl groups excluding tert-OH is 1. The number of carbonyl (C=O) groups is 1. The lowest BCUT2D eigenvalue weighted by Crippen LogP contribution is -2.42. The number of likely N-dealkylation sites (tertiary alicyclic amines) is 1. The van der Waals surface area contributed by atoms with Crippen LogP contribution in [0.25, 0.3) is 0 Å². The zero-order chi connectivity index (χ0) is 12.3. The molecule has 1 amide bonds. The number of hydrogen-bond donors (Lipinski definition) is 1. The fourth-order valence-electron chi connectivity index (χ4n) is 2.05. The summed E-state index contributed by atoms with van der Waals surface area (Å²) in [4.78, 5) is 13.9. The van der Waals surface area contributed by atoms with Crippen LogP contribution in [-0.4, -0.2) is 45.3 Å². The highest BCUT2D eigenvalue weighted by Gasteiger charge is 2.27. The van der Waals surface area contributed by atoms with E-state index in [0.717, 1.165) is 37.0 Å². The molecule has 17 heavy (non-hydrogen) atoms. The summed E-state index contributed by atoms with van der Waals surface area (Å²) in [6, 6.07) is -0.104. The Labute approximate surface area is 108 Å². The fourth-order valence-corrected chi connectivity index (χ4v) is 2.83. The molecule has 1 aliphatic heterocycles. The molecule has 0 radical (unpaired) electrons. The van der Waals surface area contributed by atoms with Crippen molar-refractivity contribution >= 4 is 28.8 Å². The molecule has 94 valence electrons. The molecule has 1 aromatic heterocycles. The van der Waals surface area contributed by atoms with Gasteiger partial charge >= 0.3 is 0 Å². The number of nitrogens with zero attached hydrogens (tertiary/aromatic N) is 3. The Kier molecular flexibility index (Phi) is 4.31. The number of aromatic nitrogens is 2. The Hall–Kier alpha value is -0.720. The van der Waals surface area contributed by atoms with E-state index in [1.165, 1.54) is 0 Å². The zero-order valence-corrected chi connectivity index (χ0v) is 10.9. The van der Waals surface area contributed by atoms with Crippen molar-refractivity contribution in [3.8, 4) is 0 Å². The third-order valence-electron chi connectivity index (χ3n) is 2.93. The Morgan fingerprint density at radius 1 is 1.47 bits per heavy atom. The van der Waals surface area contributed by atoms with Crippen LogP contribution in [0.3, 0.4) is 0 Å². The highest BCUT2D eigenvalue weighted by molar-refractivity contribution is 7.17. The molecule has 1 unspecified atom stereocenters. The second kappa shape index (κ2) is 5.75. The van der Waals surface area contributed by atoms with Crippen LogP contribution in [0.2, 0.25) is 4.47 Å². The smallest absolute Gasteiger partial charge is 0.285 e. The van der Waals surface area contributed by atoms with Gasteiger partial charge in [0.1, 0.15) is 0 Å². The number of hydrogen-bond acceptors (Lipinski definition) is 5. The van der Waals surface area contributed by atoms with Gasteiger partial charge in [0.15, 0.2) is 0 Å². The molecule has 1 fully saturated rings. The van der Waals surface area contributed by atoms with Gasteiger partial charge in [-0.3, -0.25) is 4.79 Å². The molecule has 1 atom stereocenters. The summed E-state index contributed by atoms with van der Waals surface area (Å²) in [5.41, 5.74) is 0. The summed E-state index contributed by atoms with van der Waals surface area (Å²) < 4.78 is 0.267. The molecular weight excluding hydrogens is 262 g/mol. The number of carbonyl (C=O) groups excluding carboxylic acids is 1. The largest absolute Gasteiger partial charge is 0.394 e. The number of amides is 1. The SMILES string of the molecule is O=C(c1nnc(Cl)s1)N1CCCCCC1CO. The van der Waals surface area contributed by atoms with Crippen molar-refractivity contribution in [1.29, 1.82) is 0 Å². The second-order valence-corrected chi connectivity index (χ2v) is 5.60. The van der Waals surface area contributed by atoms with Crippen molar-refractivity contribution in [2.24, 2.45) is 0 Å². The van der Waals surface area contributed by atoms with E-state index in [1.807, 2.05) is 0 Å². The standard InChI is InChI=1S/C10H14ClN3O2S/c11-10-13-12-8(17-10)9(16)14-5-3-1-2-4-7(14)6-15/h7,15H,1-6H2. The van der Waals surface area contributed by atoms with Crippen molar-refractivity contribution in [3.63, 3.8) is 0 Å². The Morgan fingerprint density at radius 2 is 2.29 bits per heavy atom. The zero-order valence-electron chi connectivity index (χ0n) is 9.30. The highest BCUT2D eigenvalue weighted by atomic mass is 35.5. The molecule has 0 saturated carbocycles. The maximum Gasteiger partial charge on any atom is 0.285 e. The van der Waals surface area contributed by atoms with Crippen LogP contribution >= 0.6 is 22.9 Å². The highest BCUT2D eigenvalue weighted by Crippen LogP contribution is 2.22. The van der Waals surface area contributed by atoms with E-state index in [-0.39, 0.29) is 23.0 Å². The predicted octanol–water partition coefficient (Wildman–Crippen LogP) is 1.57. The van der Waals surface area contributed by atoms with Crippen LogP contribution in [0.4, 0.5) is 0 Å². The lowest BCUT2D eigenvalue weighted by Gasteiger charge is -2.27. The maximum absolute atomic E-state index is 12.2. The van der Waals surface area contributed by atoms with E-state index in [4.69, 9.17) is 11.6 Å². The monoisotopic (exact) mass is 275 g/mol. The van der Waals surface area contributed by atoms with E-state index in [1.54, 1.807) is 4.90 Å². The quantitative estimate of drug-likeness (QED) is 0.890. The Balaban J connectivity index is 2.15. The van der Waals surface area contributed by atoms with Crippen LogP contribution < -0.4 is 0 Å². The summed E-state index contributed by atoms with van der Waals surface area (Å²) >= 11 is 6.75. The van der Waals surface area contributed by atoms with Gasteiger partial charge in [-0.25, -0.2) is 0 Å². The molecule has 1 aliphatic rings. The molecule has 7 heteroatoms. The summed E-state index contributed by atoms with van der Waals surface area (Å²) in [6.45, 7) is 0.666. The Morgan fingerprint density at radius 3 is 2.94 bits per heavy atom. The van der Waals surface area contributed by atoms with Crippen LogP contribution in [0, 0.1) is 0 Å². The second-order valence-electron chi connectivity index (χ2n) is 4.04. The minimum Gasteiger partial charge on any atom is -0.394 e. The molecule has 1 saturated heterocycles. The van der Waals surface area contributed by atoms with Crippen molar-refractivity contribution in [1.82, 2.24) is 15.1 Å². The lowest BCUT2D eigenvalue weighted by molar-refractivity contribution is 0.0598. The molecule has 0 bridgehead atoms. The van der Waals surface area contributed by atoms with E-state index in [2.05, 4.69) is 10.2 Å². The van der Waals surface area contributed by atoms with Crippen LogP contribution in [-0.2, 0) is 0 Å². The van der Waals surface area contributed by atoms with E-state index >= 15 is 0 Å². The molecule has 5 nitrogen and oxygen atoms in total.